The topological polar surface area (TPSA) is 60.4 Å². The first-order valence-electron chi connectivity index (χ1n) is 8.74. The Kier molecular flexibility index (Phi) is 22.3. The van der Waals surface area contributed by atoms with Crippen molar-refractivity contribution in [2.75, 3.05) is 0 Å². The van der Waals surface area contributed by atoms with Crippen LogP contribution in [0, 0.1) is 0 Å². The molecule has 0 aromatic heterocycles. The minimum absolute atomic E-state index is 0. The minimum atomic E-state index is -0.713. The van der Waals surface area contributed by atoms with Gasteiger partial charge in [0.25, 0.3) is 0 Å². The molecule has 0 aliphatic heterocycles. The fraction of sp³-hybridized carbons (Fsp3) is 0.833. The van der Waals surface area contributed by atoms with Crippen molar-refractivity contribution in [2.45, 2.75) is 96.8 Å². The number of unbranched alkanes of at least 4 members (excludes halogenated alkanes) is 10. The van der Waals surface area contributed by atoms with E-state index in [1.165, 1.54) is 32.1 Å². The first kappa shape index (κ1) is 24.9. The summed E-state index contributed by atoms with van der Waals surface area (Å²) in [5.74, 6) is -0.427. The van der Waals surface area contributed by atoms with Gasteiger partial charge in [-0.25, -0.2) is 0 Å². The molecular formula is C18H33KO3. The monoisotopic (exact) mass is 336 g/mol. The van der Waals surface area contributed by atoms with Gasteiger partial charge in [0.15, 0.2) is 0 Å². The second-order valence-corrected chi connectivity index (χ2v) is 5.89. The van der Waals surface area contributed by atoms with Gasteiger partial charge in [-0.15, -0.1) is 5.76 Å². The van der Waals surface area contributed by atoms with Crippen LogP contribution in [0.25, 0.3) is 0 Å². The van der Waals surface area contributed by atoms with E-state index in [-0.39, 0.29) is 63.6 Å². The van der Waals surface area contributed by atoms with E-state index in [0.717, 1.165) is 44.9 Å². The van der Waals surface area contributed by atoms with E-state index in [9.17, 15) is 9.90 Å². The number of rotatable bonds is 15. The Hall–Kier alpha value is 0.646. The minimum Gasteiger partial charge on any atom is -0.876 e. The van der Waals surface area contributed by atoms with Gasteiger partial charge in [-0.3, -0.25) is 4.79 Å². The molecule has 0 saturated carbocycles. The molecule has 0 fully saturated rings. The van der Waals surface area contributed by atoms with E-state index in [2.05, 4.69) is 6.92 Å². The van der Waals surface area contributed by atoms with Crippen molar-refractivity contribution in [1.29, 1.82) is 0 Å². The van der Waals surface area contributed by atoms with E-state index in [0.29, 0.717) is 6.42 Å². The quantitative estimate of drug-likeness (QED) is 0.282. The van der Waals surface area contributed by atoms with Crippen LogP contribution in [-0.2, 0) is 4.79 Å². The summed E-state index contributed by atoms with van der Waals surface area (Å²) in [7, 11) is 0. The van der Waals surface area contributed by atoms with E-state index in [4.69, 9.17) is 5.11 Å². The molecule has 0 aromatic carbocycles. The van der Waals surface area contributed by atoms with Gasteiger partial charge in [0.05, 0.1) is 0 Å². The van der Waals surface area contributed by atoms with Crippen molar-refractivity contribution in [2.24, 2.45) is 0 Å². The van der Waals surface area contributed by atoms with Gasteiger partial charge in [0, 0.05) is 6.42 Å². The molecule has 0 saturated heterocycles. The van der Waals surface area contributed by atoms with Crippen LogP contribution >= 0.6 is 0 Å². The van der Waals surface area contributed by atoms with E-state index >= 15 is 0 Å². The van der Waals surface area contributed by atoms with Crippen molar-refractivity contribution in [3.63, 3.8) is 0 Å². The molecule has 0 bridgehead atoms. The van der Waals surface area contributed by atoms with Crippen molar-refractivity contribution in [3.05, 3.63) is 11.8 Å². The summed E-state index contributed by atoms with van der Waals surface area (Å²) in [6, 6.07) is 0. The summed E-state index contributed by atoms with van der Waals surface area (Å²) in [4.78, 5) is 10.3. The average molecular weight is 337 g/mol. The first-order chi connectivity index (χ1) is 10.2. The summed E-state index contributed by atoms with van der Waals surface area (Å²) in [6.07, 6.45) is 16.1. The molecule has 0 spiro atoms. The second-order valence-electron chi connectivity index (χ2n) is 5.89. The van der Waals surface area contributed by atoms with Gasteiger partial charge in [0.1, 0.15) is 0 Å². The Bertz CT molecular complexity index is 278. The molecule has 0 unspecified atom stereocenters. The van der Waals surface area contributed by atoms with Gasteiger partial charge < -0.3 is 10.2 Å². The van der Waals surface area contributed by atoms with Gasteiger partial charge in [0.2, 0.25) is 0 Å². The predicted molar refractivity (Wildman–Crippen MR) is 86.0 cm³/mol. The second kappa shape index (κ2) is 19.7. The average Bonchev–Trinajstić information content (AvgIpc) is 2.45. The van der Waals surface area contributed by atoms with Crippen molar-refractivity contribution >= 4 is 5.97 Å². The third-order valence-electron chi connectivity index (χ3n) is 3.74. The summed E-state index contributed by atoms with van der Waals surface area (Å²) in [5.41, 5.74) is 0. The standard InChI is InChI=1S/C18H34O3.K/c1-2-3-4-5-6-8-11-14-17(19)15-12-9-7-10-13-16-18(20)21;/h14,19H,2-13,15-16H2,1H3,(H,20,21);/q;+1/p-1/b17-14+;. The molecule has 3 nitrogen and oxygen atoms in total. The summed E-state index contributed by atoms with van der Waals surface area (Å²) >= 11 is 0. The molecule has 0 aliphatic carbocycles. The zero-order chi connectivity index (χ0) is 15.8. The van der Waals surface area contributed by atoms with Gasteiger partial charge in [-0.1, -0.05) is 70.8 Å². The first-order valence-corrected chi connectivity index (χ1v) is 8.74. The third-order valence-corrected chi connectivity index (χ3v) is 3.74. The maximum Gasteiger partial charge on any atom is 1.00 e. The normalized spacial score (nSPS) is 11.2. The molecule has 22 heavy (non-hydrogen) atoms. The Balaban J connectivity index is 0. The maximum atomic E-state index is 11.6. The molecule has 0 amide bonds. The largest absolute Gasteiger partial charge is 1.00 e. The Morgan fingerprint density at radius 2 is 1.36 bits per heavy atom. The van der Waals surface area contributed by atoms with Crippen LogP contribution in [0.3, 0.4) is 0 Å². The van der Waals surface area contributed by atoms with Crippen LogP contribution in [0.5, 0.6) is 0 Å². The van der Waals surface area contributed by atoms with Gasteiger partial charge in [-0.2, -0.15) is 0 Å². The van der Waals surface area contributed by atoms with Crippen molar-refractivity contribution in [3.8, 4) is 0 Å². The molecule has 4 heteroatoms. The number of hydrogen-bond acceptors (Lipinski definition) is 2. The van der Waals surface area contributed by atoms with Crippen molar-refractivity contribution in [1.82, 2.24) is 0 Å². The summed E-state index contributed by atoms with van der Waals surface area (Å²) in [6.45, 7) is 2.22. The Morgan fingerprint density at radius 3 is 1.95 bits per heavy atom. The molecular weight excluding hydrogens is 303 g/mol. The maximum absolute atomic E-state index is 11.6. The SMILES string of the molecule is CCCCCCCC/C=C(/[O-])CCCCCCCC(=O)O.[K+]. The van der Waals surface area contributed by atoms with Crippen LogP contribution in [-0.4, -0.2) is 11.1 Å². The zero-order valence-electron chi connectivity index (χ0n) is 14.7. The molecule has 0 atom stereocenters. The molecule has 0 aromatic rings. The van der Waals surface area contributed by atoms with Crippen LogP contribution in [0.4, 0.5) is 0 Å². The fourth-order valence-corrected chi connectivity index (χ4v) is 2.40. The van der Waals surface area contributed by atoms with Crippen LogP contribution in [0.15, 0.2) is 11.8 Å². The van der Waals surface area contributed by atoms with Crippen LogP contribution in [0.2, 0.25) is 0 Å². The molecule has 1 N–H and O–H groups in total. The van der Waals surface area contributed by atoms with Gasteiger partial charge >= 0.3 is 57.4 Å². The smallest absolute Gasteiger partial charge is 0.876 e. The van der Waals surface area contributed by atoms with Crippen molar-refractivity contribution < 1.29 is 66.4 Å². The molecule has 0 radical (unpaired) electrons. The number of hydrogen-bond donors (Lipinski definition) is 1. The number of aliphatic carboxylic acids is 1. The molecule has 0 aliphatic rings. The summed E-state index contributed by atoms with van der Waals surface area (Å²) in [5, 5.41) is 20.1. The number of allylic oxidation sites excluding steroid dienone is 2. The Labute approximate surface area is 179 Å². The fourth-order valence-electron chi connectivity index (χ4n) is 2.40. The zero-order valence-corrected chi connectivity index (χ0v) is 17.9. The van der Waals surface area contributed by atoms with E-state index in [1.54, 1.807) is 0 Å². The van der Waals surface area contributed by atoms with E-state index < -0.39 is 5.97 Å². The molecule has 0 heterocycles. The molecule has 0 rings (SSSR count). The summed E-state index contributed by atoms with van der Waals surface area (Å²) < 4.78 is 0. The number of carbonyl (C=O) groups is 1. The number of carboxylic acid groups (broad SMARTS) is 1. The van der Waals surface area contributed by atoms with Gasteiger partial charge in [-0.05, 0) is 25.7 Å². The number of carboxylic acids is 1. The Morgan fingerprint density at radius 1 is 0.864 bits per heavy atom. The van der Waals surface area contributed by atoms with Crippen LogP contribution in [0.1, 0.15) is 96.8 Å². The third kappa shape index (κ3) is 20.6. The molecule has 124 valence electrons. The van der Waals surface area contributed by atoms with E-state index in [1.807, 2.05) is 6.08 Å². The predicted octanol–water partition coefficient (Wildman–Crippen LogP) is 1.80. The van der Waals surface area contributed by atoms with Crippen LogP contribution < -0.4 is 56.5 Å².